The minimum atomic E-state index is -0.0748. The summed E-state index contributed by atoms with van der Waals surface area (Å²) < 4.78 is 17.8. The van der Waals surface area contributed by atoms with Gasteiger partial charge in [0.15, 0.2) is 6.29 Å². The molecule has 5 heteroatoms. The van der Waals surface area contributed by atoms with Gasteiger partial charge in [-0.1, -0.05) is 15.9 Å². The predicted molar refractivity (Wildman–Crippen MR) is 80.0 cm³/mol. The number of hydrogen-bond acceptors (Lipinski definition) is 4. The van der Waals surface area contributed by atoms with Crippen LogP contribution in [0.1, 0.15) is 24.8 Å². The first-order chi connectivity index (χ1) is 9.79. The van der Waals surface area contributed by atoms with E-state index in [1.807, 2.05) is 18.2 Å². The van der Waals surface area contributed by atoms with Crippen LogP contribution in [0.5, 0.6) is 5.75 Å². The zero-order chi connectivity index (χ0) is 14.2. The van der Waals surface area contributed by atoms with E-state index in [-0.39, 0.29) is 12.9 Å². The molecular weight excluding hydrogens is 324 g/mol. The van der Waals surface area contributed by atoms with Crippen molar-refractivity contribution in [1.29, 1.82) is 0 Å². The Labute approximate surface area is 128 Å². The molecule has 1 unspecified atom stereocenters. The number of halogens is 1. The third-order valence-corrected chi connectivity index (χ3v) is 3.68. The van der Waals surface area contributed by atoms with Gasteiger partial charge in [0, 0.05) is 17.7 Å². The Balaban J connectivity index is 1.75. The maximum Gasteiger partial charge on any atom is 0.157 e. The van der Waals surface area contributed by atoms with E-state index in [9.17, 15) is 0 Å². The lowest BCUT2D eigenvalue weighted by atomic mass is 10.1. The van der Waals surface area contributed by atoms with E-state index in [2.05, 4.69) is 15.9 Å². The van der Waals surface area contributed by atoms with Crippen molar-refractivity contribution in [1.82, 2.24) is 0 Å². The summed E-state index contributed by atoms with van der Waals surface area (Å²) in [7, 11) is 0. The van der Waals surface area contributed by atoms with Crippen LogP contribution in [0.4, 0.5) is 0 Å². The highest BCUT2D eigenvalue weighted by molar-refractivity contribution is 9.10. The molecule has 0 radical (unpaired) electrons. The molecule has 4 nitrogen and oxygen atoms in total. The summed E-state index contributed by atoms with van der Waals surface area (Å²) in [4.78, 5) is 0. The molecule has 0 saturated carbocycles. The van der Waals surface area contributed by atoms with Gasteiger partial charge in [-0.15, -0.1) is 0 Å². The molecule has 0 aliphatic carbocycles. The Morgan fingerprint density at radius 2 is 2.20 bits per heavy atom. The number of hydrogen-bond donors (Lipinski definition) is 1. The lowest BCUT2D eigenvalue weighted by molar-refractivity contribution is -0.165. The highest BCUT2D eigenvalue weighted by atomic mass is 79.9. The fraction of sp³-hybridized carbons (Fsp3) is 0.600. The Morgan fingerprint density at radius 1 is 1.30 bits per heavy atom. The fourth-order valence-electron chi connectivity index (χ4n) is 2.18. The Bertz CT molecular complexity index is 405. The summed E-state index contributed by atoms with van der Waals surface area (Å²) in [5.41, 5.74) is 0.996. The van der Waals surface area contributed by atoms with Gasteiger partial charge in [0.05, 0.1) is 6.61 Å². The van der Waals surface area contributed by atoms with E-state index in [1.54, 1.807) is 0 Å². The van der Waals surface area contributed by atoms with Crippen LogP contribution in [0.15, 0.2) is 22.7 Å². The number of benzene rings is 1. The lowest BCUT2D eigenvalue weighted by Crippen LogP contribution is -2.24. The van der Waals surface area contributed by atoms with Gasteiger partial charge in [-0.2, -0.15) is 0 Å². The zero-order valence-corrected chi connectivity index (χ0v) is 13.1. The van der Waals surface area contributed by atoms with E-state index in [4.69, 9.17) is 19.3 Å². The van der Waals surface area contributed by atoms with Gasteiger partial charge in [0.25, 0.3) is 0 Å². The van der Waals surface area contributed by atoms with Crippen molar-refractivity contribution in [2.45, 2.75) is 32.0 Å². The first kappa shape index (κ1) is 15.8. The quantitative estimate of drug-likeness (QED) is 0.772. The molecule has 0 amide bonds. The van der Waals surface area contributed by atoms with Gasteiger partial charge in [0.1, 0.15) is 12.4 Å². The summed E-state index contributed by atoms with van der Waals surface area (Å²) in [6.07, 6.45) is 3.77. The average molecular weight is 345 g/mol. The van der Waals surface area contributed by atoms with Crippen LogP contribution < -0.4 is 4.74 Å². The number of rotatable bonds is 7. The Hall–Kier alpha value is -0.620. The topological polar surface area (TPSA) is 47.9 Å². The summed E-state index contributed by atoms with van der Waals surface area (Å²) >= 11 is 3.42. The van der Waals surface area contributed by atoms with E-state index in [0.717, 1.165) is 35.2 Å². The summed E-state index contributed by atoms with van der Waals surface area (Å²) in [5, 5.41) is 9.06. The van der Waals surface area contributed by atoms with Crippen LogP contribution in [0.25, 0.3) is 0 Å². The van der Waals surface area contributed by atoms with Crippen LogP contribution >= 0.6 is 15.9 Å². The summed E-state index contributed by atoms with van der Waals surface area (Å²) in [6, 6.07) is 5.81. The van der Waals surface area contributed by atoms with Crippen molar-refractivity contribution >= 4 is 15.9 Å². The van der Waals surface area contributed by atoms with Crippen LogP contribution in [-0.2, 0) is 15.9 Å². The third-order valence-electron chi connectivity index (χ3n) is 3.19. The van der Waals surface area contributed by atoms with E-state index < -0.39 is 0 Å². The predicted octanol–water partition coefficient (Wildman–Crippen LogP) is 2.91. The Morgan fingerprint density at radius 3 is 2.95 bits per heavy atom. The second-order valence-electron chi connectivity index (χ2n) is 4.74. The minimum absolute atomic E-state index is 0.0748. The van der Waals surface area contributed by atoms with Crippen molar-refractivity contribution in [2.75, 3.05) is 26.4 Å². The SMILES string of the molecule is OCCc1cc(Br)ccc1OCCOC1CCCCO1. The molecule has 112 valence electrons. The first-order valence-corrected chi connectivity index (χ1v) is 7.84. The second-order valence-corrected chi connectivity index (χ2v) is 5.66. The highest BCUT2D eigenvalue weighted by Gasteiger charge is 2.13. The van der Waals surface area contributed by atoms with Crippen molar-refractivity contribution < 1.29 is 19.3 Å². The largest absolute Gasteiger partial charge is 0.491 e. The van der Waals surface area contributed by atoms with Gasteiger partial charge < -0.3 is 19.3 Å². The second kappa shape index (κ2) is 8.62. The van der Waals surface area contributed by atoms with Crippen LogP contribution in [0.2, 0.25) is 0 Å². The van der Waals surface area contributed by atoms with Crippen LogP contribution in [0, 0.1) is 0 Å². The Kier molecular flexibility index (Phi) is 6.79. The van der Waals surface area contributed by atoms with Crippen LogP contribution in [0.3, 0.4) is 0 Å². The number of aliphatic hydroxyl groups is 1. The van der Waals surface area contributed by atoms with Crippen LogP contribution in [-0.4, -0.2) is 37.8 Å². The van der Waals surface area contributed by atoms with Crippen molar-refractivity contribution in [3.05, 3.63) is 28.2 Å². The molecule has 0 spiro atoms. The highest BCUT2D eigenvalue weighted by Crippen LogP contribution is 2.23. The van der Waals surface area contributed by atoms with Gasteiger partial charge in [0.2, 0.25) is 0 Å². The molecule has 1 aromatic rings. The zero-order valence-electron chi connectivity index (χ0n) is 11.5. The first-order valence-electron chi connectivity index (χ1n) is 7.05. The molecule has 1 N–H and O–H groups in total. The molecule has 1 aliphatic heterocycles. The smallest absolute Gasteiger partial charge is 0.157 e. The summed E-state index contributed by atoms with van der Waals surface area (Å²) in [6.45, 7) is 1.90. The maximum atomic E-state index is 9.06. The van der Waals surface area contributed by atoms with Gasteiger partial charge in [-0.25, -0.2) is 0 Å². The molecular formula is C15H21BrO4. The van der Waals surface area contributed by atoms with Gasteiger partial charge >= 0.3 is 0 Å². The van der Waals surface area contributed by atoms with Crippen molar-refractivity contribution in [2.24, 2.45) is 0 Å². The summed E-state index contributed by atoms with van der Waals surface area (Å²) in [5.74, 6) is 0.801. The molecule has 1 fully saturated rings. The molecule has 1 aliphatic rings. The molecule has 1 aromatic carbocycles. The van der Waals surface area contributed by atoms with Crippen molar-refractivity contribution in [3.8, 4) is 5.75 Å². The van der Waals surface area contributed by atoms with Crippen molar-refractivity contribution in [3.63, 3.8) is 0 Å². The van der Waals surface area contributed by atoms with Gasteiger partial charge in [-0.3, -0.25) is 0 Å². The third kappa shape index (κ3) is 5.05. The molecule has 1 saturated heterocycles. The number of ether oxygens (including phenoxy) is 3. The molecule has 2 rings (SSSR count). The van der Waals surface area contributed by atoms with E-state index in [1.165, 1.54) is 6.42 Å². The molecule has 0 bridgehead atoms. The number of aliphatic hydroxyl groups excluding tert-OH is 1. The fourth-order valence-corrected chi connectivity index (χ4v) is 2.59. The maximum absolute atomic E-state index is 9.06. The normalized spacial score (nSPS) is 19.0. The van der Waals surface area contributed by atoms with E-state index in [0.29, 0.717) is 19.6 Å². The molecule has 0 aromatic heterocycles. The van der Waals surface area contributed by atoms with E-state index >= 15 is 0 Å². The monoisotopic (exact) mass is 344 g/mol. The standard InChI is InChI=1S/C15H21BrO4/c16-13-4-5-14(12(11-13)6-7-17)18-9-10-20-15-3-1-2-8-19-15/h4-5,11,15,17H,1-3,6-10H2. The molecule has 1 atom stereocenters. The van der Waals surface area contributed by atoms with Gasteiger partial charge in [-0.05, 0) is 49.4 Å². The molecule has 20 heavy (non-hydrogen) atoms. The average Bonchev–Trinajstić information content (AvgIpc) is 2.47. The molecule has 1 heterocycles. The minimum Gasteiger partial charge on any atom is -0.491 e. The lowest BCUT2D eigenvalue weighted by Gasteiger charge is -2.22.